The van der Waals surface area contributed by atoms with Gasteiger partial charge in [-0.25, -0.2) is 15.0 Å². The van der Waals surface area contributed by atoms with Crippen molar-refractivity contribution >= 4 is 23.2 Å². The van der Waals surface area contributed by atoms with E-state index in [-0.39, 0.29) is 0 Å². The number of nitrogens with zero attached hydrogens (tertiary/aromatic N) is 5. The van der Waals surface area contributed by atoms with Crippen LogP contribution in [0.3, 0.4) is 0 Å². The molecule has 12 nitrogen and oxygen atoms in total. The van der Waals surface area contributed by atoms with Crippen molar-refractivity contribution in [3.05, 3.63) is 108 Å². The molecule has 43 heavy (non-hydrogen) atoms. The van der Waals surface area contributed by atoms with Gasteiger partial charge in [0.15, 0.2) is 34.7 Å². The van der Waals surface area contributed by atoms with E-state index in [9.17, 15) is 15.3 Å². The third-order valence-electron chi connectivity index (χ3n) is 6.98. The van der Waals surface area contributed by atoms with E-state index in [1.54, 1.807) is 6.21 Å². The maximum Gasteiger partial charge on any atom is 0.177 e. The summed E-state index contributed by atoms with van der Waals surface area (Å²) in [5.74, 6) is 1.51. The number of ether oxygens (including phenoxy) is 3. The van der Waals surface area contributed by atoms with E-state index < -0.39 is 31.1 Å². The first-order valence-electron chi connectivity index (χ1n) is 13.7. The molecular formula is C31H30N6O6. The lowest BCUT2D eigenvalue weighted by atomic mass is 10.1. The number of hydrogen-bond donors (Lipinski definition) is 4. The largest absolute Gasteiger partial charge is 0.485 e. The van der Waals surface area contributed by atoms with Crippen LogP contribution in [0.15, 0.2) is 96.6 Å². The summed E-state index contributed by atoms with van der Waals surface area (Å²) < 4.78 is 19.3. The first kappa shape index (κ1) is 28.2. The Morgan fingerprint density at radius 2 is 1.56 bits per heavy atom. The Morgan fingerprint density at radius 1 is 0.860 bits per heavy atom. The number of anilines is 1. The second kappa shape index (κ2) is 13.0. The zero-order chi connectivity index (χ0) is 29.6. The number of nitrogens with one attached hydrogen (secondary N) is 1. The van der Waals surface area contributed by atoms with Crippen molar-refractivity contribution in [3.8, 4) is 11.5 Å². The monoisotopic (exact) mass is 582 g/mol. The third kappa shape index (κ3) is 6.32. The third-order valence-corrected chi connectivity index (χ3v) is 6.98. The van der Waals surface area contributed by atoms with Gasteiger partial charge in [-0.2, -0.15) is 5.10 Å². The van der Waals surface area contributed by atoms with Gasteiger partial charge in [-0.3, -0.25) is 9.99 Å². The summed E-state index contributed by atoms with van der Waals surface area (Å²) >= 11 is 0. The molecule has 0 radical (unpaired) electrons. The highest BCUT2D eigenvalue weighted by atomic mass is 16.6. The number of rotatable bonds is 11. The van der Waals surface area contributed by atoms with Gasteiger partial charge in [0.05, 0.1) is 19.1 Å². The second-order valence-corrected chi connectivity index (χ2v) is 9.90. The summed E-state index contributed by atoms with van der Waals surface area (Å²) in [5.41, 5.74) is 6.47. The SMILES string of the molecule is OC[C@H]1O[C@@H](n2cnc3c(N/N=C/c4ccc(OCc5ccccc5)c(OCc5ccccc5)c4)ncnc32)C(O)C1O. The number of benzene rings is 3. The van der Waals surface area contributed by atoms with Crippen molar-refractivity contribution < 1.29 is 29.5 Å². The molecular weight excluding hydrogens is 552 g/mol. The lowest BCUT2D eigenvalue weighted by Crippen LogP contribution is -2.33. The van der Waals surface area contributed by atoms with Gasteiger partial charge in [-0.1, -0.05) is 60.7 Å². The van der Waals surface area contributed by atoms with Crippen LogP contribution in [0.5, 0.6) is 11.5 Å². The highest BCUT2D eigenvalue weighted by Gasteiger charge is 2.44. The summed E-state index contributed by atoms with van der Waals surface area (Å²) in [7, 11) is 0. The van der Waals surface area contributed by atoms with Gasteiger partial charge in [0.25, 0.3) is 0 Å². The van der Waals surface area contributed by atoms with Crippen LogP contribution in [0, 0.1) is 0 Å². The van der Waals surface area contributed by atoms with E-state index in [1.165, 1.54) is 17.2 Å². The van der Waals surface area contributed by atoms with Gasteiger partial charge in [0.1, 0.15) is 37.9 Å². The Labute approximate surface area is 246 Å². The Bertz CT molecular complexity index is 1680. The number of imidazole rings is 1. The van der Waals surface area contributed by atoms with E-state index >= 15 is 0 Å². The van der Waals surface area contributed by atoms with E-state index in [2.05, 4.69) is 25.5 Å². The van der Waals surface area contributed by atoms with Crippen LogP contribution in [0.1, 0.15) is 22.9 Å². The summed E-state index contributed by atoms with van der Waals surface area (Å²) in [6.45, 7) is 0.339. The number of aliphatic hydroxyl groups excluding tert-OH is 3. The first-order valence-corrected chi connectivity index (χ1v) is 13.7. The molecule has 4 N–H and O–H groups in total. The average Bonchev–Trinajstić information content (AvgIpc) is 3.61. The Morgan fingerprint density at radius 3 is 2.23 bits per heavy atom. The minimum absolute atomic E-state index is 0.329. The molecule has 1 saturated heterocycles. The van der Waals surface area contributed by atoms with Crippen molar-refractivity contribution in [1.29, 1.82) is 0 Å². The maximum atomic E-state index is 10.4. The first-order chi connectivity index (χ1) is 21.1. The lowest BCUT2D eigenvalue weighted by Gasteiger charge is -2.16. The Balaban J connectivity index is 1.19. The molecule has 1 fully saturated rings. The molecule has 2 unspecified atom stereocenters. The predicted molar refractivity (Wildman–Crippen MR) is 158 cm³/mol. The molecule has 6 rings (SSSR count). The topological polar surface area (TPSA) is 156 Å². The van der Waals surface area contributed by atoms with Crippen molar-refractivity contribution in [2.45, 2.75) is 37.8 Å². The summed E-state index contributed by atoms with van der Waals surface area (Å²) in [5, 5.41) is 34.3. The highest BCUT2D eigenvalue weighted by molar-refractivity contribution is 5.85. The molecule has 5 aromatic rings. The van der Waals surface area contributed by atoms with Crippen LogP contribution < -0.4 is 14.9 Å². The molecule has 4 atom stereocenters. The van der Waals surface area contributed by atoms with E-state index in [1.807, 2.05) is 78.9 Å². The van der Waals surface area contributed by atoms with Crippen LogP contribution >= 0.6 is 0 Å². The fourth-order valence-corrected chi connectivity index (χ4v) is 4.71. The fraction of sp³-hybridized carbons (Fsp3) is 0.226. The summed E-state index contributed by atoms with van der Waals surface area (Å²) in [4.78, 5) is 12.9. The minimum atomic E-state index is -1.27. The minimum Gasteiger partial charge on any atom is -0.485 e. The quantitative estimate of drug-likeness (QED) is 0.135. The molecule has 2 aromatic heterocycles. The number of hydrogen-bond acceptors (Lipinski definition) is 11. The molecule has 0 spiro atoms. The van der Waals surface area contributed by atoms with Crippen molar-refractivity contribution in [2.75, 3.05) is 12.0 Å². The molecule has 0 amide bonds. The molecule has 1 aliphatic rings. The summed E-state index contributed by atoms with van der Waals surface area (Å²) in [6, 6.07) is 25.3. The molecule has 1 aliphatic heterocycles. The Hall–Kier alpha value is -4.88. The van der Waals surface area contributed by atoms with Gasteiger partial charge in [-0.05, 0) is 34.9 Å². The number of hydrazone groups is 1. The van der Waals surface area contributed by atoms with Crippen LogP contribution in [-0.4, -0.2) is 66.0 Å². The van der Waals surface area contributed by atoms with Crippen LogP contribution in [0.2, 0.25) is 0 Å². The zero-order valence-electron chi connectivity index (χ0n) is 23.0. The molecule has 0 aliphatic carbocycles. The summed E-state index contributed by atoms with van der Waals surface area (Å²) in [6.07, 6.45) is -0.0240. The number of aromatic nitrogens is 4. The van der Waals surface area contributed by atoms with Crippen LogP contribution in [0.25, 0.3) is 11.2 Å². The molecule has 12 heteroatoms. The van der Waals surface area contributed by atoms with Crippen LogP contribution in [0.4, 0.5) is 5.82 Å². The van der Waals surface area contributed by atoms with Crippen molar-refractivity contribution in [1.82, 2.24) is 19.5 Å². The molecule has 0 bridgehead atoms. The van der Waals surface area contributed by atoms with Crippen LogP contribution in [-0.2, 0) is 18.0 Å². The van der Waals surface area contributed by atoms with Gasteiger partial charge < -0.3 is 29.5 Å². The molecule has 3 aromatic carbocycles. The predicted octanol–water partition coefficient (Wildman–Crippen LogP) is 3.04. The zero-order valence-corrected chi connectivity index (χ0v) is 23.0. The number of fused-ring (bicyclic) bond motifs is 1. The van der Waals surface area contributed by atoms with Gasteiger partial charge in [-0.15, -0.1) is 0 Å². The highest BCUT2D eigenvalue weighted by Crippen LogP contribution is 2.32. The standard InChI is InChI=1S/C31H30N6O6/c38-15-25-27(39)28(40)31(43-25)37-19-34-26-29(32-18-33-30(26)37)36-35-14-22-11-12-23(41-16-20-7-3-1-4-8-20)24(13-22)42-17-21-9-5-2-6-10-21/h1-14,18-19,25,27-28,31,38-40H,15-17H2,(H,32,33,36)/b35-14+/t25-,27?,28?,31-/m1/s1. The smallest absolute Gasteiger partial charge is 0.177 e. The lowest BCUT2D eigenvalue weighted by molar-refractivity contribution is -0.0511. The molecule has 0 saturated carbocycles. The second-order valence-electron chi connectivity index (χ2n) is 9.90. The van der Waals surface area contributed by atoms with Gasteiger partial charge >= 0.3 is 0 Å². The van der Waals surface area contributed by atoms with E-state index in [0.717, 1.165) is 16.7 Å². The fourth-order valence-electron chi connectivity index (χ4n) is 4.71. The van der Waals surface area contributed by atoms with Crippen molar-refractivity contribution in [2.24, 2.45) is 5.10 Å². The molecule has 3 heterocycles. The maximum absolute atomic E-state index is 10.4. The van der Waals surface area contributed by atoms with E-state index in [0.29, 0.717) is 41.7 Å². The average molecular weight is 583 g/mol. The van der Waals surface area contributed by atoms with Crippen molar-refractivity contribution in [3.63, 3.8) is 0 Å². The Kier molecular flexibility index (Phi) is 8.52. The van der Waals surface area contributed by atoms with Gasteiger partial charge in [0.2, 0.25) is 0 Å². The normalized spacial score (nSPS) is 20.1. The molecule has 220 valence electrons. The number of aliphatic hydroxyl groups is 3. The van der Waals surface area contributed by atoms with Gasteiger partial charge in [0, 0.05) is 0 Å². The van der Waals surface area contributed by atoms with E-state index in [4.69, 9.17) is 14.2 Å².